The van der Waals surface area contributed by atoms with E-state index in [2.05, 4.69) is 5.32 Å². The molecule has 0 spiro atoms. The van der Waals surface area contributed by atoms with E-state index in [1.54, 1.807) is 43.3 Å². The number of sulfonamides is 1. The van der Waals surface area contributed by atoms with Gasteiger partial charge in [-0.25, -0.2) is 13.2 Å². The Balaban J connectivity index is 1.77. The van der Waals surface area contributed by atoms with Crippen molar-refractivity contribution in [3.05, 3.63) is 83.4 Å². The van der Waals surface area contributed by atoms with Crippen LogP contribution < -0.4 is 14.4 Å². The number of amides is 1. The Morgan fingerprint density at radius 3 is 2.20 bits per heavy atom. The van der Waals surface area contributed by atoms with Gasteiger partial charge >= 0.3 is 5.97 Å². The molecular weight excluding hydrogens is 492 g/mol. The van der Waals surface area contributed by atoms with Crippen molar-refractivity contribution in [1.82, 2.24) is 0 Å². The van der Waals surface area contributed by atoms with E-state index in [-0.39, 0.29) is 17.2 Å². The lowest BCUT2D eigenvalue weighted by molar-refractivity contribution is -0.116. The summed E-state index contributed by atoms with van der Waals surface area (Å²) in [5.74, 6) is -0.00545. The van der Waals surface area contributed by atoms with E-state index in [0.29, 0.717) is 22.9 Å². The van der Waals surface area contributed by atoms with Crippen LogP contribution in [0.15, 0.2) is 72.8 Å². The summed E-state index contributed by atoms with van der Waals surface area (Å²) < 4.78 is 36.9. The first kappa shape index (κ1) is 26.1. The molecule has 0 heterocycles. The van der Waals surface area contributed by atoms with Crippen LogP contribution in [-0.4, -0.2) is 39.2 Å². The summed E-state index contributed by atoms with van der Waals surface area (Å²) in [4.78, 5) is 24.9. The van der Waals surface area contributed by atoms with Gasteiger partial charge in [-0.3, -0.25) is 9.10 Å². The average molecular weight is 517 g/mol. The van der Waals surface area contributed by atoms with E-state index in [1.807, 2.05) is 18.2 Å². The fourth-order valence-electron chi connectivity index (χ4n) is 3.31. The summed E-state index contributed by atoms with van der Waals surface area (Å²) >= 11 is 6.16. The molecule has 0 fully saturated rings. The molecular formula is C25H25ClN2O6S. The number of hydrogen-bond acceptors (Lipinski definition) is 6. The van der Waals surface area contributed by atoms with Crippen molar-refractivity contribution < 1.29 is 27.5 Å². The quantitative estimate of drug-likeness (QED) is 0.397. The second-order valence-corrected chi connectivity index (χ2v) is 9.81. The number of halogens is 1. The molecule has 3 rings (SSSR count). The van der Waals surface area contributed by atoms with Crippen molar-refractivity contribution in [3.63, 3.8) is 0 Å². The molecule has 0 aliphatic rings. The van der Waals surface area contributed by atoms with Crippen LogP contribution in [0.5, 0.6) is 11.5 Å². The predicted octanol–water partition coefficient (Wildman–Crippen LogP) is 5.10. The lowest BCUT2D eigenvalue weighted by atomic mass is 10.2. The first-order chi connectivity index (χ1) is 16.6. The van der Waals surface area contributed by atoms with Crippen molar-refractivity contribution in [2.75, 3.05) is 22.5 Å². The predicted molar refractivity (Wildman–Crippen MR) is 136 cm³/mol. The number of benzene rings is 3. The Bertz CT molecular complexity index is 1300. The van der Waals surface area contributed by atoms with Gasteiger partial charge in [0.05, 0.1) is 29.1 Å². The molecule has 0 aliphatic carbocycles. The second kappa shape index (κ2) is 11.2. The van der Waals surface area contributed by atoms with Crippen LogP contribution in [0.2, 0.25) is 5.02 Å². The zero-order chi connectivity index (χ0) is 25.6. The largest absolute Gasteiger partial charge is 0.462 e. The molecule has 3 aromatic carbocycles. The van der Waals surface area contributed by atoms with E-state index in [0.717, 1.165) is 10.6 Å². The van der Waals surface area contributed by atoms with Crippen LogP contribution in [0.1, 0.15) is 24.2 Å². The van der Waals surface area contributed by atoms with Gasteiger partial charge in [-0.1, -0.05) is 29.8 Å². The molecule has 1 amide bonds. The Hall–Kier alpha value is -3.56. The Labute approximate surface area is 209 Å². The smallest absolute Gasteiger partial charge is 0.339 e. The molecule has 3 aromatic rings. The molecule has 0 radical (unpaired) electrons. The average Bonchev–Trinajstić information content (AvgIpc) is 2.80. The fraction of sp³-hybridized carbons (Fsp3) is 0.200. The Kier molecular flexibility index (Phi) is 8.37. The Morgan fingerprint density at radius 1 is 1.00 bits per heavy atom. The summed E-state index contributed by atoms with van der Waals surface area (Å²) in [7, 11) is -3.81. The molecule has 0 saturated carbocycles. The highest BCUT2D eigenvalue weighted by atomic mass is 35.5. The fourth-order valence-corrected chi connectivity index (χ4v) is 4.74. The minimum Gasteiger partial charge on any atom is -0.462 e. The normalized spacial score (nSPS) is 11.9. The van der Waals surface area contributed by atoms with Gasteiger partial charge in [0.15, 0.2) is 0 Å². The van der Waals surface area contributed by atoms with Crippen LogP contribution >= 0.6 is 11.6 Å². The van der Waals surface area contributed by atoms with Crippen LogP contribution in [0.3, 0.4) is 0 Å². The van der Waals surface area contributed by atoms with E-state index >= 15 is 0 Å². The monoisotopic (exact) mass is 516 g/mol. The van der Waals surface area contributed by atoms with Crippen LogP contribution in [0.4, 0.5) is 11.4 Å². The highest BCUT2D eigenvalue weighted by Gasteiger charge is 2.29. The van der Waals surface area contributed by atoms with Gasteiger partial charge in [-0.05, 0) is 68.4 Å². The molecule has 0 unspecified atom stereocenters. The van der Waals surface area contributed by atoms with Crippen molar-refractivity contribution >= 4 is 44.9 Å². The van der Waals surface area contributed by atoms with Crippen LogP contribution in [0.25, 0.3) is 0 Å². The van der Waals surface area contributed by atoms with Gasteiger partial charge in [0.1, 0.15) is 17.5 Å². The minimum atomic E-state index is -3.81. The van der Waals surface area contributed by atoms with Crippen LogP contribution in [0, 0.1) is 0 Å². The van der Waals surface area contributed by atoms with Gasteiger partial charge in [0.25, 0.3) is 0 Å². The summed E-state index contributed by atoms with van der Waals surface area (Å²) in [5, 5.41) is 2.74. The zero-order valence-corrected chi connectivity index (χ0v) is 21.0. The SMILES string of the molecule is CCOC(=O)c1ccc(NC(=O)[C@@H](C)N(c2ccc(Oc3ccccc3)cc2)S(C)(=O)=O)cc1Cl. The van der Waals surface area contributed by atoms with Gasteiger partial charge < -0.3 is 14.8 Å². The van der Waals surface area contributed by atoms with Crippen molar-refractivity contribution in [2.24, 2.45) is 0 Å². The molecule has 10 heteroatoms. The molecule has 0 aromatic heterocycles. The highest BCUT2D eigenvalue weighted by molar-refractivity contribution is 7.92. The zero-order valence-electron chi connectivity index (χ0n) is 19.4. The molecule has 184 valence electrons. The van der Waals surface area contributed by atoms with Crippen molar-refractivity contribution in [1.29, 1.82) is 0 Å². The van der Waals surface area contributed by atoms with E-state index in [1.165, 1.54) is 25.1 Å². The van der Waals surface area contributed by atoms with Crippen LogP contribution in [-0.2, 0) is 19.6 Å². The number of para-hydroxylation sites is 1. The van der Waals surface area contributed by atoms with Gasteiger partial charge in [0, 0.05) is 5.69 Å². The highest BCUT2D eigenvalue weighted by Crippen LogP contribution is 2.28. The first-order valence-corrected chi connectivity index (χ1v) is 12.9. The number of ether oxygens (including phenoxy) is 2. The first-order valence-electron chi connectivity index (χ1n) is 10.7. The van der Waals surface area contributed by atoms with E-state index < -0.39 is 27.9 Å². The molecule has 1 atom stereocenters. The number of nitrogens with one attached hydrogen (secondary N) is 1. The number of anilines is 2. The lowest BCUT2D eigenvalue weighted by Crippen LogP contribution is -2.45. The second-order valence-electron chi connectivity index (χ2n) is 7.55. The lowest BCUT2D eigenvalue weighted by Gasteiger charge is -2.28. The Morgan fingerprint density at radius 2 is 1.63 bits per heavy atom. The topological polar surface area (TPSA) is 102 Å². The minimum absolute atomic E-state index is 0.0999. The summed E-state index contributed by atoms with van der Waals surface area (Å²) in [6.45, 7) is 3.35. The van der Waals surface area contributed by atoms with E-state index in [9.17, 15) is 18.0 Å². The number of hydrogen-bond donors (Lipinski definition) is 1. The van der Waals surface area contributed by atoms with Gasteiger partial charge in [0.2, 0.25) is 15.9 Å². The number of rotatable bonds is 9. The summed E-state index contributed by atoms with van der Waals surface area (Å²) in [6.07, 6.45) is 1.02. The van der Waals surface area contributed by atoms with Crippen molar-refractivity contribution in [2.45, 2.75) is 19.9 Å². The standard InChI is InChI=1S/C25H25ClN2O6S/c1-4-33-25(30)22-15-10-18(16-23(22)26)27-24(29)17(2)28(35(3,31)32)19-11-13-21(14-12-19)34-20-8-6-5-7-9-20/h5-17H,4H2,1-3H3,(H,27,29)/t17-/m1/s1. The molecule has 35 heavy (non-hydrogen) atoms. The van der Waals surface area contributed by atoms with Crippen molar-refractivity contribution in [3.8, 4) is 11.5 Å². The maximum absolute atomic E-state index is 12.9. The van der Waals surface area contributed by atoms with E-state index in [4.69, 9.17) is 21.1 Å². The summed E-state index contributed by atoms with van der Waals surface area (Å²) in [6, 6.07) is 18.8. The molecule has 0 bridgehead atoms. The number of esters is 1. The molecule has 8 nitrogen and oxygen atoms in total. The molecule has 0 saturated heterocycles. The third-order valence-corrected chi connectivity index (χ3v) is 6.44. The summed E-state index contributed by atoms with van der Waals surface area (Å²) in [5.41, 5.74) is 0.765. The number of carbonyl (C=O) groups excluding carboxylic acids is 2. The van der Waals surface area contributed by atoms with Gasteiger partial charge in [-0.15, -0.1) is 0 Å². The molecule has 1 N–H and O–H groups in total. The third kappa shape index (κ3) is 6.74. The number of nitrogens with zero attached hydrogens (tertiary/aromatic N) is 1. The maximum Gasteiger partial charge on any atom is 0.339 e. The maximum atomic E-state index is 12.9. The van der Waals surface area contributed by atoms with Gasteiger partial charge in [-0.2, -0.15) is 0 Å². The number of carbonyl (C=O) groups is 2. The third-order valence-electron chi connectivity index (χ3n) is 4.89. The molecule has 0 aliphatic heterocycles.